The predicted molar refractivity (Wildman–Crippen MR) is 103 cm³/mol. The standard InChI is InChI=1S/C18H27NS.C2H6/c1-14(2)13-20-18-12-16(10-11-17(18)19-3)9-8-15-6-4-5-7-15;1-2/h10-12,14-15H,3-9,13H2,1-2H3;1-2H3. The summed E-state index contributed by atoms with van der Waals surface area (Å²) in [5.41, 5.74) is 2.51. The van der Waals surface area contributed by atoms with Crippen molar-refractivity contribution >= 4 is 24.2 Å². The highest BCUT2D eigenvalue weighted by Crippen LogP contribution is 2.33. The van der Waals surface area contributed by atoms with Crippen LogP contribution in [0.15, 0.2) is 28.1 Å². The van der Waals surface area contributed by atoms with Crippen molar-refractivity contribution in [3.05, 3.63) is 23.8 Å². The van der Waals surface area contributed by atoms with Crippen molar-refractivity contribution in [1.29, 1.82) is 0 Å². The van der Waals surface area contributed by atoms with Gasteiger partial charge < -0.3 is 0 Å². The van der Waals surface area contributed by atoms with Gasteiger partial charge in [0.2, 0.25) is 0 Å². The summed E-state index contributed by atoms with van der Waals surface area (Å²) in [5.74, 6) is 2.83. The van der Waals surface area contributed by atoms with E-state index in [1.54, 1.807) is 0 Å². The number of hydrogen-bond acceptors (Lipinski definition) is 2. The Bertz CT molecular complexity index is 433. The first kappa shape index (κ1) is 19.3. The van der Waals surface area contributed by atoms with Gasteiger partial charge in [-0.1, -0.05) is 59.4 Å². The van der Waals surface area contributed by atoms with Crippen LogP contribution >= 0.6 is 11.8 Å². The second-order valence-electron chi connectivity index (χ2n) is 6.35. The Morgan fingerprint density at radius 1 is 1.23 bits per heavy atom. The Balaban J connectivity index is 0.00000116. The molecule has 1 aliphatic carbocycles. The summed E-state index contributed by atoms with van der Waals surface area (Å²) in [6, 6.07) is 6.71. The second-order valence-corrected chi connectivity index (χ2v) is 7.42. The van der Waals surface area contributed by atoms with Crippen LogP contribution in [0.1, 0.15) is 65.4 Å². The van der Waals surface area contributed by atoms with Crippen molar-refractivity contribution in [1.82, 2.24) is 0 Å². The average molecular weight is 320 g/mol. The molecule has 2 heteroatoms. The third kappa shape index (κ3) is 6.56. The fourth-order valence-corrected chi connectivity index (χ4v) is 3.91. The molecule has 0 amide bonds. The average Bonchev–Trinajstić information content (AvgIpc) is 3.06. The summed E-state index contributed by atoms with van der Waals surface area (Å²) in [6.45, 7) is 12.2. The maximum absolute atomic E-state index is 4.16. The maximum atomic E-state index is 4.16. The SMILES string of the molecule is C=Nc1ccc(CCC2CCCC2)cc1SCC(C)C.CC. The lowest BCUT2D eigenvalue weighted by Crippen LogP contribution is -1.97. The molecule has 0 N–H and O–H groups in total. The van der Waals surface area contributed by atoms with E-state index in [0.717, 1.165) is 17.4 Å². The van der Waals surface area contributed by atoms with Crippen LogP contribution in [0.25, 0.3) is 0 Å². The van der Waals surface area contributed by atoms with Gasteiger partial charge in [0.1, 0.15) is 0 Å². The van der Waals surface area contributed by atoms with E-state index in [1.165, 1.54) is 49.0 Å². The minimum atomic E-state index is 0.708. The highest BCUT2D eigenvalue weighted by molar-refractivity contribution is 7.99. The van der Waals surface area contributed by atoms with Crippen molar-refractivity contribution in [3.8, 4) is 0 Å². The minimum absolute atomic E-state index is 0.708. The summed E-state index contributed by atoms with van der Waals surface area (Å²) in [7, 11) is 0. The monoisotopic (exact) mass is 319 g/mol. The molecule has 0 atom stereocenters. The molecule has 0 heterocycles. The van der Waals surface area contributed by atoms with Crippen LogP contribution in [0.4, 0.5) is 5.69 Å². The number of nitrogens with zero attached hydrogens (tertiary/aromatic N) is 1. The van der Waals surface area contributed by atoms with Gasteiger partial charge in [-0.15, -0.1) is 11.8 Å². The van der Waals surface area contributed by atoms with Crippen molar-refractivity contribution in [2.45, 2.75) is 71.1 Å². The Labute approximate surface area is 142 Å². The summed E-state index contributed by atoms with van der Waals surface area (Å²) < 4.78 is 0. The smallest absolute Gasteiger partial charge is 0.0758 e. The molecule has 1 nitrogen and oxygen atoms in total. The topological polar surface area (TPSA) is 12.4 Å². The van der Waals surface area contributed by atoms with Gasteiger partial charge in [-0.2, -0.15) is 0 Å². The third-order valence-corrected chi connectivity index (χ3v) is 5.55. The summed E-state index contributed by atoms with van der Waals surface area (Å²) in [4.78, 5) is 5.46. The van der Waals surface area contributed by atoms with Crippen molar-refractivity contribution in [3.63, 3.8) is 0 Å². The van der Waals surface area contributed by atoms with E-state index < -0.39 is 0 Å². The molecule has 0 spiro atoms. The van der Waals surface area contributed by atoms with Gasteiger partial charge in [0.15, 0.2) is 0 Å². The Kier molecular flexibility index (Phi) is 9.54. The summed E-state index contributed by atoms with van der Waals surface area (Å²) in [6.07, 6.45) is 8.36. The van der Waals surface area contributed by atoms with Crippen LogP contribution in [-0.4, -0.2) is 12.5 Å². The Morgan fingerprint density at radius 3 is 2.50 bits per heavy atom. The first-order valence-corrected chi connectivity index (χ1v) is 9.90. The lowest BCUT2D eigenvalue weighted by atomic mass is 9.98. The molecule has 1 aliphatic rings. The van der Waals surface area contributed by atoms with E-state index in [4.69, 9.17) is 0 Å². The molecule has 0 bridgehead atoms. The molecule has 2 rings (SSSR count). The number of rotatable bonds is 7. The molecule has 0 aromatic heterocycles. The van der Waals surface area contributed by atoms with Gasteiger partial charge in [-0.05, 0) is 49.1 Å². The fraction of sp³-hybridized carbons (Fsp3) is 0.650. The molecule has 0 radical (unpaired) electrons. The minimum Gasteiger partial charge on any atom is -0.263 e. The molecule has 22 heavy (non-hydrogen) atoms. The molecule has 0 aliphatic heterocycles. The van der Waals surface area contributed by atoms with E-state index >= 15 is 0 Å². The predicted octanol–water partition coefficient (Wildman–Crippen LogP) is 6.92. The largest absolute Gasteiger partial charge is 0.263 e. The highest BCUT2D eigenvalue weighted by atomic mass is 32.2. The molecule has 1 fully saturated rings. The maximum Gasteiger partial charge on any atom is 0.0758 e. The first-order chi connectivity index (χ1) is 10.7. The Hall–Kier alpha value is -0.760. The van der Waals surface area contributed by atoms with Crippen LogP contribution < -0.4 is 0 Å². The Morgan fingerprint density at radius 2 is 1.91 bits per heavy atom. The van der Waals surface area contributed by atoms with Gasteiger partial charge in [0, 0.05) is 10.6 Å². The van der Waals surface area contributed by atoms with E-state index in [-0.39, 0.29) is 0 Å². The number of aryl methyl sites for hydroxylation is 1. The number of benzene rings is 1. The van der Waals surface area contributed by atoms with Gasteiger partial charge >= 0.3 is 0 Å². The van der Waals surface area contributed by atoms with E-state index in [0.29, 0.717) is 5.92 Å². The van der Waals surface area contributed by atoms with Gasteiger partial charge in [-0.25, -0.2) is 0 Å². The molecule has 1 aromatic rings. The number of aliphatic imine (C=N–C) groups is 1. The van der Waals surface area contributed by atoms with Crippen molar-refractivity contribution < 1.29 is 0 Å². The zero-order valence-corrected chi connectivity index (χ0v) is 15.7. The van der Waals surface area contributed by atoms with E-state index in [2.05, 4.69) is 43.8 Å². The number of thioether (sulfide) groups is 1. The lowest BCUT2D eigenvalue weighted by molar-refractivity contribution is 0.503. The molecule has 0 unspecified atom stereocenters. The third-order valence-electron chi connectivity index (χ3n) is 4.08. The summed E-state index contributed by atoms with van der Waals surface area (Å²) in [5, 5.41) is 0. The van der Waals surface area contributed by atoms with Crippen molar-refractivity contribution in [2.75, 3.05) is 5.75 Å². The molecule has 124 valence electrons. The van der Waals surface area contributed by atoms with Gasteiger partial charge in [-0.3, -0.25) is 4.99 Å². The summed E-state index contributed by atoms with van der Waals surface area (Å²) >= 11 is 1.92. The molecular formula is C20H33NS. The fourth-order valence-electron chi connectivity index (χ4n) is 2.89. The molecule has 0 saturated heterocycles. The van der Waals surface area contributed by atoms with Gasteiger partial charge in [0.05, 0.1) is 5.69 Å². The van der Waals surface area contributed by atoms with E-state index in [1.807, 2.05) is 25.6 Å². The van der Waals surface area contributed by atoms with Crippen LogP contribution in [-0.2, 0) is 6.42 Å². The number of hydrogen-bond donors (Lipinski definition) is 0. The second kappa shape index (κ2) is 10.9. The zero-order chi connectivity index (χ0) is 16.4. The van der Waals surface area contributed by atoms with E-state index in [9.17, 15) is 0 Å². The molecule has 1 saturated carbocycles. The highest BCUT2D eigenvalue weighted by Gasteiger charge is 2.15. The zero-order valence-electron chi connectivity index (χ0n) is 14.9. The van der Waals surface area contributed by atoms with Crippen molar-refractivity contribution in [2.24, 2.45) is 16.8 Å². The van der Waals surface area contributed by atoms with Crippen LogP contribution in [0.5, 0.6) is 0 Å². The lowest BCUT2D eigenvalue weighted by Gasteiger charge is -2.12. The first-order valence-electron chi connectivity index (χ1n) is 8.91. The van der Waals surface area contributed by atoms with Crippen LogP contribution in [0.3, 0.4) is 0 Å². The van der Waals surface area contributed by atoms with Crippen LogP contribution in [0.2, 0.25) is 0 Å². The quantitative estimate of drug-likeness (QED) is 0.392. The normalized spacial score (nSPS) is 14.8. The van der Waals surface area contributed by atoms with Crippen LogP contribution in [0, 0.1) is 11.8 Å². The molecule has 1 aromatic carbocycles. The van der Waals surface area contributed by atoms with Gasteiger partial charge in [0.25, 0.3) is 0 Å². The molecular weight excluding hydrogens is 286 g/mol.